The van der Waals surface area contributed by atoms with Crippen molar-refractivity contribution in [3.8, 4) is 0 Å². The van der Waals surface area contributed by atoms with Crippen molar-refractivity contribution in [2.24, 2.45) is 0 Å². The Balaban J connectivity index is 3.33. The van der Waals surface area contributed by atoms with Gasteiger partial charge >= 0.3 is 0 Å². The van der Waals surface area contributed by atoms with Crippen LogP contribution in [0.5, 0.6) is 0 Å². The number of nitrogens with one attached hydrogen (secondary N) is 1. The molecule has 3 nitrogen and oxygen atoms in total. The molecule has 0 saturated carbocycles. The zero-order valence-corrected chi connectivity index (χ0v) is 7.93. The van der Waals surface area contributed by atoms with Crippen molar-refractivity contribution in [1.29, 1.82) is 0 Å². The van der Waals surface area contributed by atoms with Crippen LogP contribution in [0.15, 0.2) is 10.9 Å². The molecule has 0 saturated heterocycles. The molecular weight excluding hydrogens is 152 g/mol. The first-order chi connectivity index (χ1) is 5.41. The Morgan fingerprint density at radius 3 is 2.42 bits per heavy atom. The molecule has 66 valence electrons. The Bertz CT molecular complexity index is 333. The fourth-order valence-corrected chi connectivity index (χ4v) is 1.06. The summed E-state index contributed by atoms with van der Waals surface area (Å²) in [5.41, 5.74) is 1.43. The molecule has 1 aromatic heterocycles. The van der Waals surface area contributed by atoms with Gasteiger partial charge in [0.05, 0.1) is 5.69 Å². The normalized spacial score (nSPS) is 11.7. The first kappa shape index (κ1) is 8.97. The maximum absolute atomic E-state index is 11.3. The van der Waals surface area contributed by atoms with E-state index < -0.39 is 0 Å². The molecule has 0 unspecified atom stereocenters. The molecule has 1 aromatic rings. The highest BCUT2D eigenvalue weighted by Gasteiger charge is 2.17. The lowest BCUT2D eigenvalue weighted by Gasteiger charge is -2.17. The average Bonchev–Trinajstić information content (AvgIpc) is 1.92. The Morgan fingerprint density at radius 2 is 2.00 bits per heavy atom. The summed E-state index contributed by atoms with van der Waals surface area (Å²) in [5.74, 6) is 0. The smallest absolute Gasteiger partial charge is 0.267 e. The minimum absolute atomic E-state index is 0.0897. The minimum Gasteiger partial charge on any atom is -0.268 e. The van der Waals surface area contributed by atoms with E-state index in [0.717, 1.165) is 11.3 Å². The zero-order chi connectivity index (χ0) is 9.35. The van der Waals surface area contributed by atoms with Gasteiger partial charge in [-0.05, 0) is 18.4 Å². The first-order valence-electron chi connectivity index (χ1n) is 3.98. The molecule has 1 heterocycles. The number of hydrogen-bond donors (Lipinski definition) is 1. The molecule has 0 aromatic carbocycles. The highest BCUT2D eigenvalue weighted by molar-refractivity contribution is 5.19. The molecule has 0 aliphatic rings. The predicted molar refractivity (Wildman–Crippen MR) is 48.3 cm³/mol. The summed E-state index contributed by atoms with van der Waals surface area (Å²) in [5, 5.41) is 6.28. The Kier molecular flexibility index (Phi) is 2.04. The van der Waals surface area contributed by atoms with Gasteiger partial charge in [-0.15, -0.1) is 0 Å². The third-order valence-electron chi connectivity index (χ3n) is 1.74. The predicted octanol–water partition coefficient (Wildman–Crippen LogP) is 1.38. The summed E-state index contributed by atoms with van der Waals surface area (Å²) in [6.07, 6.45) is 0. The molecule has 0 spiro atoms. The van der Waals surface area contributed by atoms with Gasteiger partial charge in [-0.2, -0.15) is 5.10 Å². The second kappa shape index (κ2) is 2.73. The number of hydrogen-bond acceptors (Lipinski definition) is 2. The Morgan fingerprint density at radius 1 is 1.42 bits per heavy atom. The van der Waals surface area contributed by atoms with Crippen molar-refractivity contribution in [1.82, 2.24) is 10.2 Å². The molecule has 0 fully saturated rings. The molecular formula is C9H14N2O. The van der Waals surface area contributed by atoms with E-state index in [1.54, 1.807) is 0 Å². The highest BCUT2D eigenvalue weighted by Crippen LogP contribution is 2.17. The van der Waals surface area contributed by atoms with E-state index in [2.05, 4.69) is 10.2 Å². The zero-order valence-electron chi connectivity index (χ0n) is 7.93. The highest BCUT2D eigenvalue weighted by atomic mass is 16.1. The van der Waals surface area contributed by atoms with E-state index in [1.165, 1.54) is 0 Å². The molecule has 0 bridgehead atoms. The van der Waals surface area contributed by atoms with E-state index in [4.69, 9.17) is 0 Å². The largest absolute Gasteiger partial charge is 0.268 e. The van der Waals surface area contributed by atoms with Crippen LogP contribution in [0.2, 0.25) is 0 Å². The second-order valence-electron chi connectivity index (χ2n) is 4.00. The molecule has 0 amide bonds. The van der Waals surface area contributed by atoms with Gasteiger partial charge in [-0.25, -0.2) is 5.10 Å². The second-order valence-corrected chi connectivity index (χ2v) is 4.00. The maximum atomic E-state index is 11.3. The standard InChI is InChI=1S/C9H14N2O/c1-6-5-7(9(2,3)4)8(12)11-10-6/h5H,1-4H3,(H,11,12). The van der Waals surface area contributed by atoms with Crippen LogP contribution in [-0.2, 0) is 5.41 Å². The molecule has 1 N–H and O–H groups in total. The monoisotopic (exact) mass is 166 g/mol. The summed E-state index contributed by atoms with van der Waals surface area (Å²) in [4.78, 5) is 11.3. The fourth-order valence-electron chi connectivity index (χ4n) is 1.06. The molecule has 0 aliphatic heterocycles. The van der Waals surface area contributed by atoms with E-state index in [-0.39, 0.29) is 11.0 Å². The van der Waals surface area contributed by atoms with Crippen LogP contribution in [0.25, 0.3) is 0 Å². The van der Waals surface area contributed by atoms with Gasteiger partial charge < -0.3 is 0 Å². The summed E-state index contributed by atoms with van der Waals surface area (Å²) in [7, 11) is 0. The maximum Gasteiger partial charge on any atom is 0.267 e. The third kappa shape index (κ3) is 1.72. The lowest BCUT2D eigenvalue weighted by Crippen LogP contribution is -2.25. The van der Waals surface area contributed by atoms with Crippen molar-refractivity contribution in [3.63, 3.8) is 0 Å². The number of aromatic nitrogens is 2. The van der Waals surface area contributed by atoms with Gasteiger partial charge in [0.25, 0.3) is 5.56 Å². The van der Waals surface area contributed by atoms with Crippen molar-refractivity contribution in [3.05, 3.63) is 27.7 Å². The van der Waals surface area contributed by atoms with Gasteiger partial charge in [-0.1, -0.05) is 20.8 Å². The Hall–Kier alpha value is -1.12. The summed E-state index contributed by atoms with van der Waals surface area (Å²) >= 11 is 0. The van der Waals surface area contributed by atoms with Gasteiger partial charge in [0.2, 0.25) is 0 Å². The van der Waals surface area contributed by atoms with E-state index >= 15 is 0 Å². The van der Waals surface area contributed by atoms with Gasteiger partial charge in [-0.3, -0.25) is 4.79 Å². The van der Waals surface area contributed by atoms with Crippen LogP contribution in [0.3, 0.4) is 0 Å². The van der Waals surface area contributed by atoms with E-state index in [1.807, 2.05) is 33.8 Å². The lowest BCUT2D eigenvalue weighted by atomic mass is 9.88. The molecule has 12 heavy (non-hydrogen) atoms. The fraction of sp³-hybridized carbons (Fsp3) is 0.556. The van der Waals surface area contributed by atoms with Crippen LogP contribution in [-0.4, -0.2) is 10.2 Å². The van der Waals surface area contributed by atoms with Crippen molar-refractivity contribution in [2.45, 2.75) is 33.1 Å². The molecule has 0 radical (unpaired) electrons. The number of H-pyrrole nitrogens is 1. The van der Waals surface area contributed by atoms with Crippen LogP contribution < -0.4 is 5.56 Å². The van der Waals surface area contributed by atoms with Crippen LogP contribution in [0.1, 0.15) is 32.0 Å². The van der Waals surface area contributed by atoms with Gasteiger partial charge in [0.1, 0.15) is 0 Å². The van der Waals surface area contributed by atoms with Gasteiger partial charge in [0, 0.05) is 5.56 Å². The van der Waals surface area contributed by atoms with Crippen LogP contribution >= 0.6 is 0 Å². The number of aryl methyl sites for hydroxylation is 1. The molecule has 0 aliphatic carbocycles. The Labute approximate surface area is 71.8 Å². The quantitative estimate of drug-likeness (QED) is 0.632. The molecule has 1 rings (SSSR count). The number of rotatable bonds is 0. The van der Waals surface area contributed by atoms with Gasteiger partial charge in [0.15, 0.2) is 0 Å². The van der Waals surface area contributed by atoms with Crippen LogP contribution in [0.4, 0.5) is 0 Å². The summed E-state index contributed by atoms with van der Waals surface area (Å²) < 4.78 is 0. The van der Waals surface area contributed by atoms with Crippen molar-refractivity contribution in [2.75, 3.05) is 0 Å². The third-order valence-corrected chi connectivity index (χ3v) is 1.74. The minimum atomic E-state index is -0.110. The molecule has 3 heteroatoms. The average molecular weight is 166 g/mol. The van der Waals surface area contributed by atoms with Crippen molar-refractivity contribution >= 4 is 0 Å². The van der Waals surface area contributed by atoms with Crippen molar-refractivity contribution < 1.29 is 0 Å². The number of nitrogens with zero attached hydrogens (tertiary/aromatic N) is 1. The van der Waals surface area contributed by atoms with Crippen LogP contribution in [0, 0.1) is 6.92 Å². The summed E-state index contributed by atoms with van der Waals surface area (Å²) in [6.45, 7) is 7.90. The molecule has 0 atom stereocenters. The first-order valence-corrected chi connectivity index (χ1v) is 3.98. The SMILES string of the molecule is Cc1cc(C(C)(C)C)c(=O)[nH]n1. The van der Waals surface area contributed by atoms with E-state index in [9.17, 15) is 4.79 Å². The topological polar surface area (TPSA) is 45.8 Å². The lowest BCUT2D eigenvalue weighted by molar-refractivity contribution is 0.576. The van der Waals surface area contributed by atoms with E-state index in [0.29, 0.717) is 0 Å². The summed E-state index contributed by atoms with van der Waals surface area (Å²) in [6, 6.07) is 1.83. The number of aromatic amines is 1.